The van der Waals surface area contributed by atoms with Gasteiger partial charge >= 0.3 is 0 Å². The van der Waals surface area contributed by atoms with Crippen LogP contribution in [-0.2, 0) is 24.3 Å². The summed E-state index contributed by atoms with van der Waals surface area (Å²) in [7, 11) is -3.64. The highest BCUT2D eigenvalue weighted by atomic mass is 32.2. The molecule has 1 rings (SSSR count). The fraction of sp³-hybridized carbons (Fsp3) is 0.917. The van der Waals surface area contributed by atoms with E-state index >= 15 is 0 Å². The van der Waals surface area contributed by atoms with Gasteiger partial charge in [-0.05, 0) is 20.3 Å². The summed E-state index contributed by atoms with van der Waals surface area (Å²) >= 11 is 0. The van der Waals surface area contributed by atoms with E-state index in [0.717, 1.165) is 0 Å². The lowest BCUT2D eigenvalue weighted by Crippen LogP contribution is -2.33. The number of carbonyl (C=O) groups excluding carboxylic acids is 1. The van der Waals surface area contributed by atoms with Crippen molar-refractivity contribution in [3.8, 4) is 0 Å². The van der Waals surface area contributed by atoms with E-state index in [-0.39, 0.29) is 25.2 Å². The Bertz CT molecular complexity index is 406. The molecule has 1 saturated heterocycles. The van der Waals surface area contributed by atoms with Crippen molar-refractivity contribution in [1.82, 2.24) is 4.90 Å². The highest BCUT2D eigenvalue weighted by molar-refractivity contribution is 7.89. The maximum atomic E-state index is 11.7. The fourth-order valence-corrected chi connectivity index (χ4v) is 2.97. The minimum absolute atomic E-state index is 0.0147. The molecule has 0 spiro atoms. The van der Waals surface area contributed by atoms with Crippen LogP contribution >= 0.6 is 0 Å². The van der Waals surface area contributed by atoms with E-state index in [4.69, 9.17) is 14.6 Å². The van der Waals surface area contributed by atoms with Gasteiger partial charge in [-0.2, -0.15) is 0 Å². The van der Waals surface area contributed by atoms with E-state index in [1.54, 1.807) is 4.90 Å². The van der Waals surface area contributed by atoms with Gasteiger partial charge in [-0.3, -0.25) is 4.79 Å². The predicted octanol–water partition coefficient (Wildman–Crippen LogP) is 0.0551. The Labute approximate surface area is 120 Å². The van der Waals surface area contributed by atoms with Crippen LogP contribution in [-0.4, -0.2) is 57.1 Å². The SMILES string of the molecule is CCOC(CCCN1CC(S(N)(=O)=O)CC1=O)OCC. The van der Waals surface area contributed by atoms with Gasteiger partial charge in [0.25, 0.3) is 0 Å². The Morgan fingerprint density at radius 3 is 2.40 bits per heavy atom. The first kappa shape index (κ1) is 17.4. The Balaban J connectivity index is 2.37. The molecule has 8 heteroatoms. The average molecular weight is 308 g/mol. The van der Waals surface area contributed by atoms with Gasteiger partial charge in [0.1, 0.15) is 5.25 Å². The van der Waals surface area contributed by atoms with Crippen molar-refractivity contribution in [1.29, 1.82) is 0 Å². The third kappa shape index (κ3) is 5.35. The molecule has 0 radical (unpaired) electrons. The highest BCUT2D eigenvalue weighted by Crippen LogP contribution is 2.17. The zero-order valence-corrected chi connectivity index (χ0v) is 12.9. The standard InChI is InChI=1S/C12H24N2O5S/c1-3-18-12(19-4-2)6-5-7-14-9-10(8-11(14)15)20(13,16)17/h10,12H,3-9H2,1-2H3,(H2,13,16,17). The summed E-state index contributed by atoms with van der Waals surface area (Å²) in [6.07, 6.45) is 1.09. The number of sulfonamides is 1. The lowest BCUT2D eigenvalue weighted by atomic mass is 10.3. The van der Waals surface area contributed by atoms with Gasteiger partial charge in [-0.25, -0.2) is 13.6 Å². The second-order valence-corrected chi connectivity index (χ2v) is 6.58. The number of ether oxygens (including phenoxy) is 2. The molecule has 1 atom stereocenters. The summed E-state index contributed by atoms with van der Waals surface area (Å²) in [6, 6.07) is 0. The van der Waals surface area contributed by atoms with Gasteiger partial charge in [0.15, 0.2) is 6.29 Å². The zero-order chi connectivity index (χ0) is 15.2. The van der Waals surface area contributed by atoms with E-state index in [2.05, 4.69) is 0 Å². The van der Waals surface area contributed by atoms with Gasteiger partial charge in [0.2, 0.25) is 15.9 Å². The van der Waals surface area contributed by atoms with Crippen LogP contribution in [0.1, 0.15) is 33.1 Å². The predicted molar refractivity (Wildman–Crippen MR) is 74.4 cm³/mol. The molecule has 0 saturated carbocycles. The monoisotopic (exact) mass is 308 g/mol. The molecule has 0 aromatic carbocycles. The molecule has 7 nitrogen and oxygen atoms in total. The Hall–Kier alpha value is -0.700. The zero-order valence-electron chi connectivity index (χ0n) is 12.1. The van der Waals surface area contributed by atoms with Crippen LogP contribution in [0.15, 0.2) is 0 Å². The van der Waals surface area contributed by atoms with Crippen LogP contribution < -0.4 is 5.14 Å². The smallest absolute Gasteiger partial charge is 0.224 e. The van der Waals surface area contributed by atoms with Crippen molar-refractivity contribution >= 4 is 15.9 Å². The minimum Gasteiger partial charge on any atom is -0.353 e. The summed E-state index contributed by atoms with van der Waals surface area (Å²) in [6.45, 7) is 5.62. The number of amides is 1. The molecule has 2 N–H and O–H groups in total. The first-order chi connectivity index (χ1) is 9.38. The van der Waals surface area contributed by atoms with Crippen LogP contribution in [0.5, 0.6) is 0 Å². The van der Waals surface area contributed by atoms with Gasteiger partial charge in [-0.15, -0.1) is 0 Å². The molecular formula is C12H24N2O5S. The second-order valence-electron chi connectivity index (χ2n) is 4.74. The van der Waals surface area contributed by atoms with E-state index in [1.165, 1.54) is 0 Å². The van der Waals surface area contributed by atoms with Crippen molar-refractivity contribution in [3.63, 3.8) is 0 Å². The Kier molecular flexibility index (Phi) is 6.87. The van der Waals surface area contributed by atoms with Gasteiger partial charge < -0.3 is 14.4 Å². The highest BCUT2D eigenvalue weighted by Gasteiger charge is 2.35. The molecule has 1 aliphatic rings. The number of hydrogen-bond donors (Lipinski definition) is 1. The van der Waals surface area contributed by atoms with Crippen LogP contribution in [0, 0.1) is 0 Å². The summed E-state index contributed by atoms with van der Waals surface area (Å²) in [5, 5.41) is 4.30. The lowest BCUT2D eigenvalue weighted by Gasteiger charge is -2.20. The Morgan fingerprint density at radius 1 is 1.35 bits per heavy atom. The molecule has 1 unspecified atom stereocenters. The van der Waals surface area contributed by atoms with E-state index in [1.807, 2.05) is 13.8 Å². The van der Waals surface area contributed by atoms with Crippen molar-refractivity contribution in [2.75, 3.05) is 26.3 Å². The number of likely N-dealkylation sites (tertiary alicyclic amines) is 1. The molecule has 0 aromatic rings. The number of primary sulfonamides is 1. The van der Waals surface area contributed by atoms with Crippen molar-refractivity contribution in [2.45, 2.75) is 44.6 Å². The van der Waals surface area contributed by atoms with Crippen LogP contribution in [0.2, 0.25) is 0 Å². The normalized spacial score (nSPS) is 20.1. The summed E-state index contributed by atoms with van der Waals surface area (Å²) in [5.74, 6) is -0.159. The first-order valence-electron chi connectivity index (χ1n) is 6.91. The minimum atomic E-state index is -3.64. The van der Waals surface area contributed by atoms with E-state index in [9.17, 15) is 13.2 Å². The maximum Gasteiger partial charge on any atom is 0.224 e. The van der Waals surface area contributed by atoms with Gasteiger partial charge in [0, 0.05) is 39.1 Å². The van der Waals surface area contributed by atoms with Crippen LogP contribution in [0.25, 0.3) is 0 Å². The maximum absolute atomic E-state index is 11.7. The summed E-state index contributed by atoms with van der Waals surface area (Å²) < 4.78 is 33.3. The summed E-state index contributed by atoms with van der Waals surface area (Å²) in [5.41, 5.74) is 0. The molecule has 1 fully saturated rings. The molecule has 20 heavy (non-hydrogen) atoms. The first-order valence-corrected chi connectivity index (χ1v) is 8.52. The molecular weight excluding hydrogens is 284 g/mol. The van der Waals surface area contributed by atoms with Gasteiger partial charge in [-0.1, -0.05) is 0 Å². The number of hydrogen-bond acceptors (Lipinski definition) is 5. The van der Waals surface area contributed by atoms with Crippen LogP contribution in [0.3, 0.4) is 0 Å². The number of nitrogens with zero attached hydrogens (tertiary/aromatic N) is 1. The quantitative estimate of drug-likeness (QED) is 0.607. The number of nitrogens with two attached hydrogens (primary N) is 1. The van der Waals surface area contributed by atoms with Gasteiger partial charge in [0.05, 0.1) is 0 Å². The van der Waals surface area contributed by atoms with Crippen molar-refractivity contribution < 1.29 is 22.7 Å². The second kappa shape index (κ2) is 7.92. The molecule has 1 heterocycles. The topological polar surface area (TPSA) is 98.9 Å². The molecule has 1 amide bonds. The van der Waals surface area contributed by atoms with Crippen molar-refractivity contribution in [2.24, 2.45) is 5.14 Å². The molecule has 1 aliphatic heterocycles. The van der Waals surface area contributed by atoms with Crippen molar-refractivity contribution in [3.05, 3.63) is 0 Å². The number of carbonyl (C=O) groups is 1. The lowest BCUT2D eigenvalue weighted by molar-refractivity contribution is -0.141. The molecule has 118 valence electrons. The molecule has 0 bridgehead atoms. The largest absolute Gasteiger partial charge is 0.353 e. The molecule has 0 aromatic heterocycles. The number of rotatable bonds is 9. The third-order valence-corrected chi connectivity index (χ3v) is 4.46. The van der Waals surface area contributed by atoms with E-state index in [0.29, 0.717) is 32.6 Å². The van der Waals surface area contributed by atoms with E-state index < -0.39 is 15.3 Å². The Morgan fingerprint density at radius 2 is 1.95 bits per heavy atom. The fourth-order valence-electron chi connectivity index (χ4n) is 2.21. The third-order valence-electron chi connectivity index (χ3n) is 3.22. The molecule has 0 aliphatic carbocycles. The summed E-state index contributed by atoms with van der Waals surface area (Å²) in [4.78, 5) is 13.2. The van der Waals surface area contributed by atoms with Crippen LogP contribution in [0.4, 0.5) is 0 Å². The average Bonchev–Trinajstić information content (AvgIpc) is 2.71.